The molecular formula is C16H12N6OS. The lowest BCUT2D eigenvalue weighted by Gasteiger charge is -2.04. The Labute approximate surface area is 140 Å². The van der Waals surface area contributed by atoms with Crippen LogP contribution in [0.5, 0.6) is 0 Å². The summed E-state index contributed by atoms with van der Waals surface area (Å²) in [6.07, 6.45) is 3.23. The number of aromatic amines is 1. The van der Waals surface area contributed by atoms with Crippen molar-refractivity contribution >= 4 is 39.1 Å². The number of hydrogen-bond donors (Lipinski definition) is 3. The van der Waals surface area contributed by atoms with Crippen molar-refractivity contribution in [3.8, 4) is 11.3 Å². The highest BCUT2D eigenvalue weighted by Crippen LogP contribution is 2.29. The third-order valence-electron chi connectivity index (χ3n) is 3.52. The van der Waals surface area contributed by atoms with Gasteiger partial charge in [0.1, 0.15) is 17.8 Å². The Kier molecular flexibility index (Phi) is 3.43. The summed E-state index contributed by atoms with van der Waals surface area (Å²) in [5, 5.41) is 6.75. The fraction of sp³-hybridized carbons (Fsp3) is 0. The number of primary amides is 1. The topological polar surface area (TPSA) is 110 Å². The van der Waals surface area contributed by atoms with E-state index in [2.05, 4.69) is 25.3 Å². The molecule has 7 nitrogen and oxygen atoms in total. The monoisotopic (exact) mass is 336 g/mol. The number of benzene rings is 1. The summed E-state index contributed by atoms with van der Waals surface area (Å²) < 4.78 is 0. The van der Waals surface area contributed by atoms with Gasteiger partial charge in [0.25, 0.3) is 5.91 Å². The maximum Gasteiger partial charge on any atom is 0.265 e. The molecule has 0 aliphatic rings. The van der Waals surface area contributed by atoms with Gasteiger partial charge >= 0.3 is 0 Å². The van der Waals surface area contributed by atoms with Crippen LogP contribution in [0.3, 0.4) is 0 Å². The molecule has 118 valence electrons. The summed E-state index contributed by atoms with van der Waals surface area (Å²) in [6, 6.07) is 9.44. The molecule has 1 amide bonds. The van der Waals surface area contributed by atoms with E-state index >= 15 is 0 Å². The Morgan fingerprint density at radius 2 is 2.12 bits per heavy atom. The lowest BCUT2D eigenvalue weighted by atomic mass is 10.2. The molecular weight excluding hydrogens is 324 g/mol. The Morgan fingerprint density at radius 1 is 1.25 bits per heavy atom. The second-order valence-corrected chi connectivity index (χ2v) is 5.93. The molecule has 0 spiro atoms. The molecule has 0 saturated carbocycles. The third kappa shape index (κ3) is 2.59. The van der Waals surface area contributed by atoms with Crippen molar-refractivity contribution in [1.82, 2.24) is 19.9 Å². The maximum absolute atomic E-state index is 11.2. The Bertz CT molecular complexity index is 1030. The molecule has 0 radical (unpaired) electrons. The number of hydrogen-bond acceptors (Lipinski definition) is 6. The van der Waals surface area contributed by atoms with Crippen LogP contribution < -0.4 is 11.1 Å². The molecule has 0 fully saturated rings. The van der Waals surface area contributed by atoms with Gasteiger partial charge in [-0.3, -0.25) is 4.79 Å². The van der Waals surface area contributed by atoms with E-state index in [1.807, 2.05) is 29.6 Å². The second-order valence-electron chi connectivity index (χ2n) is 5.07. The summed E-state index contributed by atoms with van der Waals surface area (Å²) in [5.74, 6) is 0.204. The zero-order chi connectivity index (χ0) is 16.5. The van der Waals surface area contributed by atoms with Crippen molar-refractivity contribution in [2.75, 3.05) is 5.32 Å². The molecule has 0 unspecified atom stereocenters. The maximum atomic E-state index is 11.2. The molecule has 3 aromatic heterocycles. The third-order valence-corrected chi connectivity index (χ3v) is 4.27. The number of thiazole rings is 1. The first kappa shape index (κ1) is 14.3. The van der Waals surface area contributed by atoms with Crippen LogP contribution in [-0.4, -0.2) is 25.8 Å². The highest BCUT2D eigenvalue weighted by atomic mass is 32.1. The van der Waals surface area contributed by atoms with E-state index < -0.39 is 5.91 Å². The fourth-order valence-corrected chi connectivity index (χ4v) is 3.07. The smallest absolute Gasteiger partial charge is 0.265 e. The molecule has 4 N–H and O–H groups in total. The zero-order valence-electron chi connectivity index (χ0n) is 12.4. The van der Waals surface area contributed by atoms with Crippen LogP contribution in [0.15, 0.2) is 48.2 Å². The first-order chi connectivity index (χ1) is 11.7. The van der Waals surface area contributed by atoms with Crippen molar-refractivity contribution < 1.29 is 4.79 Å². The number of carbonyl (C=O) groups is 1. The van der Waals surface area contributed by atoms with Crippen LogP contribution in [0.4, 0.5) is 10.9 Å². The zero-order valence-corrected chi connectivity index (χ0v) is 13.2. The van der Waals surface area contributed by atoms with Crippen molar-refractivity contribution in [1.29, 1.82) is 0 Å². The number of aromatic nitrogens is 4. The number of para-hydroxylation sites is 1. The quantitative estimate of drug-likeness (QED) is 0.531. The van der Waals surface area contributed by atoms with E-state index in [-0.39, 0.29) is 0 Å². The number of nitrogens with zero attached hydrogens (tertiary/aromatic N) is 3. The van der Waals surface area contributed by atoms with Gasteiger partial charge in [0.05, 0.1) is 11.2 Å². The number of H-pyrrole nitrogens is 1. The molecule has 1 aromatic carbocycles. The van der Waals surface area contributed by atoms with Crippen LogP contribution in [-0.2, 0) is 0 Å². The van der Waals surface area contributed by atoms with Gasteiger partial charge in [0.15, 0.2) is 5.13 Å². The number of nitrogens with one attached hydrogen (secondary N) is 2. The molecule has 24 heavy (non-hydrogen) atoms. The number of amides is 1. The van der Waals surface area contributed by atoms with Crippen molar-refractivity contribution in [3.63, 3.8) is 0 Å². The van der Waals surface area contributed by atoms with E-state index in [1.54, 1.807) is 12.3 Å². The molecule has 4 aromatic rings. The summed E-state index contributed by atoms with van der Waals surface area (Å²) >= 11 is 1.45. The highest BCUT2D eigenvalue weighted by molar-refractivity contribution is 7.14. The Balaban J connectivity index is 1.64. The number of fused-ring (bicyclic) bond motifs is 1. The number of carbonyl (C=O) groups excluding carboxylic acids is 1. The van der Waals surface area contributed by atoms with E-state index in [9.17, 15) is 4.79 Å². The van der Waals surface area contributed by atoms with Crippen molar-refractivity contribution in [2.45, 2.75) is 0 Å². The number of rotatable bonds is 4. The minimum atomic E-state index is -0.498. The molecule has 3 heterocycles. The average Bonchev–Trinajstić information content (AvgIpc) is 3.24. The van der Waals surface area contributed by atoms with Crippen LogP contribution in [0.1, 0.15) is 10.5 Å². The fourth-order valence-electron chi connectivity index (χ4n) is 2.35. The molecule has 4 rings (SSSR count). The van der Waals surface area contributed by atoms with Gasteiger partial charge in [-0.15, -0.1) is 11.3 Å². The number of nitrogens with two attached hydrogens (primary N) is 1. The largest absolute Gasteiger partial charge is 0.364 e. The van der Waals surface area contributed by atoms with E-state index in [1.165, 1.54) is 17.7 Å². The van der Waals surface area contributed by atoms with Crippen LogP contribution in [0.25, 0.3) is 22.2 Å². The van der Waals surface area contributed by atoms with Crippen molar-refractivity contribution in [2.24, 2.45) is 5.73 Å². The van der Waals surface area contributed by atoms with Crippen LogP contribution in [0, 0.1) is 0 Å². The summed E-state index contributed by atoms with van der Waals surface area (Å²) in [5.41, 5.74) is 8.03. The lowest BCUT2D eigenvalue weighted by Crippen LogP contribution is -2.10. The van der Waals surface area contributed by atoms with E-state index in [0.717, 1.165) is 22.2 Å². The van der Waals surface area contributed by atoms with Crippen LogP contribution >= 0.6 is 11.3 Å². The van der Waals surface area contributed by atoms with Crippen LogP contribution in [0.2, 0.25) is 0 Å². The predicted octanol–water partition coefficient (Wildman–Crippen LogP) is 2.92. The average molecular weight is 336 g/mol. The Morgan fingerprint density at radius 3 is 2.96 bits per heavy atom. The molecule has 0 saturated heterocycles. The van der Waals surface area contributed by atoms with Gasteiger partial charge in [0, 0.05) is 22.5 Å². The minimum absolute atomic E-state index is 0.356. The van der Waals surface area contributed by atoms with Crippen molar-refractivity contribution in [3.05, 3.63) is 53.9 Å². The number of anilines is 2. The molecule has 8 heteroatoms. The van der Waals surface area contributed by atoms with E-state index in [4.69, 9.17) is 5.73 Å². The summed E-state index contributed by atoms with van der Waals surface area (Å²) in [4.78, 5) is 27.1. The highest BCUT2D eigenvalue weighted by Gasteiger charge is 2.11. The van der Waals surface area contributed by atoms with Gasteiger partial charge in [-0.2, -0.15) is 0 Å². The predicted molar refractivity (Wildman–Crippen MR) is 93.2 cm³/mol. The van der Waals surface area contributed by atoms with E-state index in [0.29, 0.717) is 16.6 Å². The second kappa shape index (κ2) is 5.74. The first-order valence-corrected chi connectivity index (χ1v) is 7.99. The molecule has 0 aliphatic carbocycles. The van der Waals surface area contributed by atoms with Gasteiger partial charge in [-0.1, -0.05) is 12.1 Å². The van der Waals surface area contributed by atoms with Gasteiger partial charge in [-0.05, 0) is 18.2 Å². The summed E-state index contributed by atoms with van der Waals surface area (Å²) in [6.45, 7) is 0. The summed E-state index contributed by atoms with van der Waals surface area (Å²) in [7, 11) is 0. The normalized spacial score (nSPS) is 10.8. The lowest BCUT2D eigenvalue weighted by molar-refractivity contribution is 0.0996. The van der Waals surface area contributed by atoms with Gasteiger partial charge in [-0.25, -0.2) is 15.0 Å². The molecule has 0 atom stereocenters. The Hall–Kier alpha value is -3.26. The molecule has 0 bridgehead atoms. The first-order valence-electron chi connectivity index (χ1n) is 7.11. The minimum Gasteiger partial charge on any atom is -0.364 e. The standard InChI is InChI=1S/C16H12N6OS/c17-14(23)12-5-9(6-18-12)13-7-24-16(21-13)22-15-10-3-1-2-4-11(10)19-8-20-15/h1-8,18H,(H2,17,23)(H,19,20,21,22). The van der Waals surface area contributed by atoms with Gasteiger partial charge < -0.3 is 16.0 Å². The SMILES string of the molecule is NC(=O)c1cc(-c2csc(Nc3ncnc4ccccc34)n2)c[nH]1. The van der Waals surface area contributed by atoms with Gasteiger partial charge in [0.2, 0.25) is 0 Å². The molecule has 0 aliphatic heterocycles.